The van der Waals surface area contributed by atoms with Crippen molar-refractivity contribution in [3.8, 4) is 0 Å². The number of hydrogen-bond donors (Lipinski definition) is 2. The first-order chi connectivity index (χ1) is 12.6. The topological polar surface area (TPSA) is 66.4 Å². The number of ketones is 1. The number of rotatable bonds is 4. The van der Waals surface area contributed by atoms with Crippen LogP contribution in [0, 0.1) is 0 Å². The summed E-state index contributed by atoms with van der Waals surface area (Å²) in [6.07, 6.45) is -1.08. The average molecular weight is 347 g/mol. The third-order valence-corrected chi connectivity index (χ3v) is 3.52. The molecule has 0 aromatic heterocycles. The Hall–Kier alpha value is -3.24. The Kier molecular flexibility index (Phi) is 7.28. The first kappa shape index (κ1) is 19.1. The standard InChI is InChI=1S/C14H12O2.C8H9NO/c15-13(11-7-3-1-4-8-11)14(16)12-9-5-2-6-10-12;1-7(10)9-8-5-3-2-4-6-8/h1-10,13,15H;2-6H,1H3,(H,9,10). The van der Waals surface area contributed by atoms with Crippen molar-refractivity contribution in [2.45, 2.75) is 13.0 Å². The maximum atomic E-state index is 11.9. The first-order valence-electron chi connectivity index (χ1n) is 8.23. The van der Waals surface area contributed by atoms with Crippen molar-refractivity contribution >= 4 is 17.4 Å². The number of amides is 1. The van der Waals surface area contributed by atoms with Gasteiger partial charge >= 0.3 is 0 Å². The molecule has 0 radical (unpaired) electrons. The predicted molar refractivity (Wildman–Crippen MR) is 103 cm³/mol. The number of nitrogens with one attached hydrogen (secondary N) is 1. The van der Waals surface area contributed by atoms with Crippen LogP contribution < -0.4 is 5.32 Å². The van der Waals surface area contributed by atoms with E-state index in [1.807, 2.05) is 42.5 Å². The molecule has 26 heavy (non-hydrogen) atoms. The number of aliphatic hydroxyl groups is 1. The van der Waals surface area contributed by atoms with Gasteiger partial charge in [0, 0.05) is 18.2 Å². The van der Waals surface area contributed by atoms with E-state index < -0.39 is 6.10 Å². The van der Waals surface area contributed by atoms with Crippen LogP contribution in [0.5, 0.6) is 0 Å². The van der Waals surface area contributed by atoms with E-state index in [9.17, 15) is 14.7 Å². The SMILES string of the molecule is CC(=O)Nc1ccccc1.O=C(c1ccccc1)C(O)c1ccccc1. The maximum Gasteiger partial charge on any atom is 0.221 e. The fourth-order valence-electron chi connectivity index (χ4n) is 2.27. The van der Waals surface area contributed by atoms with Crippen LogP contribution in [0.25, 0.3) is 0 Å². The van der Waals surface area contributed by atoms with Gasteiger partial charge in [-0.05, 0) is 17.7 Å². The molecule has 4 heteroatoms. The van der Waals surface area contributed by atoms with Crippen molar-refractivity contribution in [3.05, 3.63) is 102 Å². The molecule has 1 amide bonds. The molecule has 0 bridgehead atoms. The summed E-state index contributed by atoms with van der Waals surface area (Å²) in [6.45, 7) is 1.49. The van der Waals surface area contributed by atoms with Gasteiger partial charge < -0.3 is 10.4 Å². The minimum atomic E-state index is -1.08. The minimum absolute atomic E-state index is 0.0359. The molecule has 3 aromatic rings. The van der Waals surface area contributed by atoms with E-state index in [0.717, 1.165) is 5.69 Å². The number of benzene rings is 3. The largest absolute Gasteiger partial charge is 0.380 e. The monoisotopic (exact) mass is 347 g/mol. The minimum Gasteiger partial charge on any atom is -0.380 e. The highest BCUT2D eigenvalue weighted by Crippen LogP contribution is 2.17. The molecule has 0 saturated carbocycles. The van der Waals surface area contributed by atoms with Gasteiger partial charge in [0.25, 0.3) is 0 Å². The third-order valence-electron chi connectivity index (χ3n) is 3.52. The van der Waals surface area contributed by atoms with Gasteiger partial charge in [-0.1, -0.05) is 78.9 Å². The summed E-state index contributed by atoms with van der Waals surface area (Å²) in [5, 5.41) is 12.6. The molecular formula is C22H21NO3. The van der Waals surface area contributed by atoms with Gasteiger partial charge in [0.2, 0.25) is 5.91 Å². The van der Waals surface area contributed by atoms with Crippen LogP contribution in [-0.2, 0) is 4.79 Å². The zero-order chi connectivity index (χ0) is 18.8. The molecule has 0 aliphatic carbocycles. The lowest BCUT2D eigenvalue weighted by molar-refractivity contribution is -0.114. The number of Topliss-reactive ketones (excluding diaryl/α,β-unsaturated/α-hetero) is 1. The fraction of sp³-hybridized carbons (Fsp3) is 0.0909. The number of anilines is 1. The molecule has 132 valence electrons. The summed E-state index contributed by atoms with van der Waals surface area (Å²) >= 11 is 0. The summed E-state index contributed by atoms with van der Waals surface area (Å²) in [7, 11) is 0. The van der Waals surface area contributed by atoms with E-state index in [2.05, 4.69) is 5.32 Å². The number of para-hydroxylation sites is 1. The average Bonchev–Trinajstić information content (AvgIpc) is 2.69. The Morgan fingerprint density at radius 3 is 1.73 bits per heavy atom. The molecule has 0 saturated heterocycles. The molecule has 0 aliphatic heterocycles. The number of carbonyl (C=O) groups is 2. The van der Waals surface area contributed by atoms with Gasteiger partial charge in [0.15, 0.2) is 5.78 Å². The van der Waals surface area contributed by atoms with Crippen LogP contribution in [0.15, 0.2) is 91.0 Å². The van der Waals surface area contributed by atoms with Crippen LogP contribution in [-0.4, -0.2) is 16.8 Å². The van der Waals surface area contributed by atoms with Gasteiger partial charge in [-0.2, -0.15) is 0 Å². The summed E-state index contributed by atoms with van der Waals surface area (Å²) in [6, 6.07) is 27.1. The molecule has 4 nitrogen and oxygen atoms in total. The summed E-state index contributed by atoms with van der Waals surface area (Å²) in [5.41, 5.74) is 1.99. The second-order valence-electron chi connectivity index (χ2n) is 5.59. The Morgan fingerprint density at radius 1 is 0.769 bits per heavy atom. The molecule has 3 rings (SSSR count). The lowest BCUT2D eigenvalue weighted by Gasteiger charge is -2.09. The van der Waals surface area contributed by atoms with Crippen LogP contribution in [0.4, 0.5) is 5.69 Å². The molecule has 2 N–H and O–H groups in total. The smallest absolute Gasteiger partial charge is 0.221 e. The Morgan fingerprint density at radius 2 is 1.23 bits per heavy atom. The highest BCUT2D eigenvalue weighted by atomic mass is 16.3. The third kappa shape index (κ3) is 6.00. The van der Waals surface area contributed by atoms with Crippen LogP contribution in [0.3, 0.4) is 0 Å². The van der Waals surface area contributed by atoms with Gasteiger partial charge in [0.1, 0.15) is 6.10 Å². The van der Waals surface area contributed by atoms with Gasteiger partial charge in [-0.25, -0.2) is 0 Å². The van der Waals surface area contributed by atoms with E-state index in [4.69, 9.17) is 0 Å². The molecule has 0 fully saturated rings. The van der Waals surface area contributed by atoms with E-state index in [1.165, 1.54) is 6.92 Å². The highest BCUT2D eigenvalue weighted by Gasteiger charge is 2.18. The molecule has 0 heterocycles. The zero-order valence-corrected chi connectivity index (χ0v) is 14.5. The number of carbonyl (C=O) groups excluding carboxylic acids is 2. The summed E-state index contributed by atoms with van der Waals surface area (Å²) in [5.74, 6) is -0.307. The van der Waals surface area contributed by atoms with Gasteiger partial charge in [-0.3, -0.25) is 9.59 Å². The van der Waals surface area contributed by atoms with Crippen molar-refractivity contribution in [3.63, 3.8) is 0 Å². The lowest BCUT2D eigenvalue weighted by atomic mass is 10.0. The molecular weight excluding hydrogens is 326 g/mol. The van der Waals surface area contributed by atoms with E-state index in [-0.39, 0.29) is 11.7 Å². The molecule has 3 aromatic carbocycles. The van der Waals surface area contributed by atoms with E-state index >= 15 is 0 Å². The Bertz CT molecular complexity index is 818. The first-order valence-corrected chi connectivity index (χ1v) is 8.23. The molecule has 0 spiro atoms. The summed E-state index contributed by atoms with van der Waals surface area (Å²) < 4.78 is 0. The van der Waals surface area contributed by atoms with Crippen LogP contribution in [0.2, 0.25) is 0 Å². The van der Waals surface area contributed by atoms with Crippen LogP contribution >= 0.6 is 0 Å². The van der Waals surface area contributed by atoms with E-state index in [1.54, 1.807) is 48.5 Å². The molecule has 1 unspecified atom stereocenters. The predicted octanol–water partition coefficient (Wildman–Crippen LogP) is 4.25. The van der Waals surface area contributed by atoms with Gasteiger partial charge in [0.05, 0.1) is 0 Å². The number of aliphatic hydroxyl groups excluding tert-OH is 1. The zero-order valence-electron chi connectivity index (χ0n) is 14.5. The fourth-order valence-corrected chi connectivity index (χ4v) is 2.27. The quantitative estimate of drug-likeness (QED) is 0.694. The second kappa shape index (κ2) is 9.91. The van der Waals surface area contributed by atoms with Crippen molar-refractivity contribution in [2.75, 3.05) is 5.32 Å². The second-order valence-corrected chi connectivity index (χ2v) is 5.59. The van der Waals surface area contributed by atoms with Crippen molar-refractivity contribution in [2.24, 2.45) is 0 Å². The summed E-state index contributed by atoms with van der Waals surface area (Å²) in [4.78, 5) is 22.4. The van der Waals surface area contributed by atoms with Crippen molar-refractivity contribution < 1.29 is 14.7 Å². The Labute approximate surface area is 153 Å². The normalized spacial score (nSPS) is 10.8. The lowest BCUT2D eigenvalue weighted by Crippen LogP contribution is -2.11. The Balaban J connectivity index is 0.000000209. The molecule has 0 aliphatic rings. The van der Waals surface area contributed by atoms with Crippen molar-refractivity contribution in [1.82, 2.24) is 0 Å². The maximum absolute atomic E-state index is 11.9. The van der Waals surface area contributed by atoms with Crippen molar-refractivity contribution in [1.29, 1.82) is 0 Å². The highest BCUT2D eigenvalue weighted by molar-refractivity contribution is 5.99. The number of hydrogen-bond acceptors (Lipinski definition) is 3. The van der Waals surface area contributed by atoms with E-state index in [0.29, 0.717) is 11.1 Å². The van der Waals surface area contributed by atoms with Gasteiger partial charge in [-0.15, -0.1) is 0 Å². The molecule has 1 atom stereocenters. The van der Waals surface area contributed by atoms with Crippen LogP contribution in [0.1, 0.15) is 28.9 Å².